The van der Waals surface area contributed by atoms with E-state index in [0.29, 0.717) is 6.61 Å². The summed E-state index contributed by atoms with van der Waals surface area (Å²) in [7, 11) is 0. The van der Waals surface area contributed by atoms with Gasteiger partial charge < -0.3 is 19.9 Å². The Balaban J connectivity index is 1.74. The molecule has 2 saturated heterocycles. The van der Waals surface area contributed by atoms with E-state index in [0.717, 1.165) is 51.7 Å². The molecule has 8 heteroatoms. The lowest BCUT2D eigenvalue weighted by Gasteiger charge is -2.35. The summed E-state index contributed by atoms with van der Waals surface area (Å²) < 4.78 is 5.55. The zero-order valence-corrected chi connectivity index (χ0v) is 17.9. The zero-order chi connectivity index (χ0) is 20.7. The molecule has 7 nitrogen and oxygen atoms in total. The van der Waals surface area contributed by atoms with Crippen LogP contribution in [0, 0.1) is 16.6 Å². The third-order valence-electron chi connectivity index (χ3n) is 5.81. The highest BCUT2D eigenvalue weighted by Crippen LogP contribution is 2.25. The molecule has 2 atom stereocenters. The molecule has 0 saturated carbocycles. The molecule has 0 aliphatic carbocycles. The topological polar surface area (TPSA) is 85.7 Å². The van der Waals surface area contributed by atoms with E-state index in [4.69, 9.17) is 10.00 Å². The molecular weight excluding hydrogens is 355 g/mol. The number of nitriles is 1. The fourth-order valence-electron chi connectivity index (χ4n) is 3.92. The predicted octanol–water partition coefficient (Wildman–Crippen LogP) is 1.42. The Hall–Kier alpha value is -1.59. The Morgan fingerprint density at radius 2 is 1.96 bits per heavy atom. The van der Waals surface area contributed by atoms with Crippen molar-refractivity contribution in [3.05, 3.63) is 0 Å². The summed E-state index contributed by atoms with van der Waals surface area (Å²) in [5, 5.41) is 11.8. The number of amides is 2. The molecule has 0 spiro atoms. The van der Waals surface area contributed by atoms with Gasteiger partial charge in [0.15, 0.2) is 0 Å². The number of nitrogens with zero attached hydrogens (tertiary/aromatic N) is 3. The number of carbonyl (C=O) groups excluding carboxylic acids is 2. The van der Waals surface area contributed by atoms with Gasteiger partial charge in [0.2, 0.25) is 11.8 Å². The maximum absolute atomic E-state index is 13.0. The van der Waals surface area contributed by atoms with Crippen molar-refractivity contribution >= 4 is 18.5 Å². The lowest BCUT2D eigenvalue weighted by atomic mass is 9.45. The second kappa shape index (κ2) is 10.3. The Kier molecular flexibility index (Phi) is 8.32. The maximum Gasteiger partial charge on any atom is 0.270 e. The van der Waals surface area contributed by atoms with Gasteiger partial charge in [0.05, 0.1) is 6.61 Å². The Morgan fingerprint density at radius 3 is 2.50 bits per heavy atom. The Labute approximate surface area is 169 Å². The number of nitrogens with one attached hydrogen (secondary N) is 1. The van der Waals surface area contributed by atoms with E-state index in [1.54, 1.807) is 0 Å². The van der Waals surface area contributed by atoms with E-state index in [-0.39, 0.29) is 36.6 Å². The number of rotatable bonds is 7. The van der Waals surface area contributed by atoms with Crippen molar-refractivity contribution in [1.29, 1.82) is 5.26 Å². The van der Waals surface area contributed by atoms with Gasteiger partial charge in [-0.25, -0.2) is 5.26 Å². The molecule has 2 aliphatic rings. The lowest BCUT2D eigenvalue weighted by molar-refractivity contribution is -0.141. The summed E-state index contributed by atoms with van der Waals surface area (Å²) in [4.78, 5) is 29.5. The lowest BCUT2D eigenvalue weighted by Crippen LogP contribution is -2.56. The molecule has 2 aliphatic heterocycles. The van der Waals surface area contributed by atoms with Crippen molar-refractivity contribution in [2.75, 3.05) is 39.4 Å². The average molecular weight is 390 g/mol. The van der Waals surface area contributed by atoms with Crippen LogP contribution in [0.25, 0.3) is 0 Å². The number of hydrogen-bond donors (Lipinski definition) is 1. The SMILES string of the molecule is CC1CCCN1C(=O)C(NC(=O)COCCN1CCB(C#N)CC1)C(C)(C)C. The molecule has 0 aromatic carbocycles. The van der Waals surface area contributed by atoms with Crippen LogP contribution in [-0.2, 0) is 14.3 Å². The van der Waals surface area contributed by atoms with Crippen molar-refractivity contribution in [3.63, 3.8) is 0 Å². The van der Waals surface area contributed by atoms with Crippen LogP contribution < -0.4 is 5.32 Å². The standard InChI is InChI=1S/C20H35BN4O3/c1-16-6-5-9-25(16)19(27)18(20(2,3)4)23-17(26)14-28-13-12-24-10-7-21(15-22)8-11-24/h16,18H,5-14H2,1-4H3,(H,23,26). The van der Waals surface area contributed by atoms with E-state index in [2.05, 4.69) is 23.1 Å². The predicted molar refractivity (Wildman–Crippen MR) is 110 cm³/mol. The highest BCUT2D eigenvalue weighted by atomic mass is 16.5. The monoisotopic (exact) mass is 390 g/mol. The molecule has 0 radical (unpaired) electrons. The van der Waals surface area contributed by atoms with E-state index in [1.165, 1.54) is 0 Å². The van der Waals surface area contributed by atoms with Crippen LogP contribution in [0.4, 0.5) is 0 Å². The fourth-order valence-corrected chi connectivity index (χ4v) is 3.92. The van der Waals surface area contributed by atoms with Gasteiger partial charge in [-0.05, 0) is 50.9 Å². The first kappa shape index (κ1) is 22.7. The van der Waals surface area contributed by atoms with Gasteiger partial charge in [0.1, 0.15) is 12.6 Å². The van der Waals surface area contributed by atoms with Crippen molar-refractivity contribution in [3.8, 4) is 5.97 Å². The first-order valence-corrected chi connectivity index (χ1v) is 10.5. The van der Waals surface area contributed by atoms with E-state index in [1.807, 2.05) is 25.7 Å². The smallest absolute Gasteiger partial charge is 0.270 e. The van der Waals surface area contributed by atoms with Gasteiger partial charge in [-0.15, -0.1) is 0 Å². The first-order chi connectivity index (χ1) is 13.2. The van der Waals surface area contributed by atoms with Crippen LogP contribution in [0.5, 0.6) is 0 Å². The number of carbonyl (C=O) groups is 2. The van der Waals surface area contributed by atoms with Gasteiger partial charge >= 0.3 is 0 Å². The molecule has 0 bridgehead atoms. The van der Waals surface area contributed by atoms with Crippen LogP contribution in [0.15, 0.2) is 0 Å². The molecule has 28 heavy (non-hydrogen) atoms. The molecule has 1 N–H and O–H groups in total. The van der Waals surface area contributed by atoms with Crippen molar-refractivity contribution < 1.29 is 14.3 Å². The number of hydrogen-bond acceptors (Lipinski definition) is 5. The largest absolute Gasteiger partial charge is 0.370 e. The average Bonchev–Trinajstić information content (AvgIpc) is 3.08. The van der Waals surface area contributed by atoms with Crippen LogP contribution >= 0.6 is 0 Å². The summed E-state index contributed by atoms with van der Waals surface area (Å²) in [6, 6.07) is -0.315. The quantitative estimate of drug-likeness (QED) is 0.525. The molecule has 0 aromatic heterocycles. The van der Waals surface area contributed by atoms with Crippen molar-refractivity contribution in [2.45, 2.75) is 65.3 Å². The number of ether oxygens (including phenoxy) is 1. The van der Waals surface area contributed by atoms with Gasteiger partial charge in [-0.2, -0.15) is 0 Å². The second-order valence-electron chi connectivity index (χ2n) is 9.19. The summed E-state index contributed by atoms with van der Waals surface area (Å²) in [6.45, 7) is 11.9. The van der Waals surface area contributed by atoms with Crippen LogP contribution in [0.3, 0.4) is 0 Å². The maximum atomic E-state index is 13.0. The molecule has 156 valence electrons. The fraction of sp³-hybridized carbons (Fsp3) is 0.850. The van der Waals surface area contributed by atoms with Crippen LogP contribution in [0.2, 0.25) is 12.6 Å². The molecular formula is C20H35BN4O3. The van der Waals surface area contributed by atoms with E-state index >= 15 is 0 Å². The summed E-state index contributed by atoms with van der Waals surface area (Å²) >= 11 is 0. The minimum Gasteiger partial charge on any atom is -0.370 e. The van der Waals surface area contributed by atoms with Gasteiger partial charge in [-0.1, -0.05) is 20.8 Å². The second-order valence-corrected chi connectivity index (χ2v) is 9.19. The molecule has 2 heterocycles. The Bertz CT molecular complexity index is 579. The molecule has 2 rings (SSSR count). The third kappa shape index (κ3) is 6.49. The van der Waals surface area contributed by atoms with E-state index < -0.39 is 6.04 Å². The molecule has 0 aromatic rings. The summed E-state index contributed by atoms with van der Waals surface area (Å²) in [6.07, 6.45) is 3.85. The summed E-state index contributed by atoms with van der Waals surface area (Å²) in [5.41, 5.74) is -0.361. The van der Waals surface area contributed by atoms with Gasteiger partial charge in [0, 0.05) is 25.1 Å². The normalized spacial score (nSPS) is 22.0. The molecule has 2 fully saturated rings. The van der Waals surface area contributed by atoms with Crippen LogP contribution in [0.1, 0.15) is 40.5 Å². The first-order valence-electron chi connectivity index (χ1n) is 10.5. The highest BCUT2D eigenvalue weighted by molar-refractivity contribution is 6.67. The van der Waals surface area contributed by atoms with E-state index in [9.17, 15) is 9.59 Å². The third-order valence-corrected chi connectivity index (χ3v) is 5.81. The Morgan fingerprint density at radius 1 is 1.29 bits per heavy atom. The highest BCUT2D eigenvalue weighted by Gasteiger charge is 2.38. The van der Waals surface area contributed by atoms with Crippen molar-refractivity contribution in [2.24, 2.45) is 5.41 Å². The minimum absolute atomic E-state index is 0.00575. The zero-order valence-electron chi connectivity index (χ0n) is 17.9. The van der Waals surface area contributed by atoms with Crippen LogP contribution in [-0.4, -0.2) is 79.8 Å². The number of likely N-dealkylation sites (tertiary alicyclic amines) is 1. The van der Waals surface area contributed by atoms with Crippen molar-refractivity contribution in [1.82, 2.24) is 15.1 Å². The molecule has 2 unspecified atom stereocenters. The van der Waals surface area contributed by atoms with Gasteiger partial charge in [0.25, 0.3) is 6.71 Å². The summed E-state index contributed by atoms with van der Waals surface area (Å²) in [5.74, 6) is 2.09. The minimum atomic E-state index is -0.547. The van der Waals surface area contributed by atoms with Gasteiger partial charge in [-0.3, -0.25) is 9.59 Å². The molecule has 2 amide bonds.